The van der Waals surface area contributed by atoms with Gasteiger partial charge in [-0.15, -0.1) is 11.3 Å². The van der Waals surface area contributed by atoms with Gasteiger partial charge in [-0.1, -0.05) is 12.1 Å². The smallest absolute Gasteiger partial charge is 0.0962 e. The van der Waals surface area contributed by atoms with Gasteiger partial charge in [-0.25, -0.2) is 4.98 Å². The van der Waals surface area contributed by atoms with Crippen molar-refractivity contribution in [2.24, 2.45) is 13.0 Å². The van der Waals surface area contributed by atoms with E-state index >= 15 is 0 Å². The number of nitrogens with zero attached hydrogens (tertiary/aromatic N) is 3. The summed E-state index contributed by atoms with van der Waals surface area (Å²) in [5.41, 5.74) is 5.00. The van der Waals surface area contributed by atoms with E-state index in [-0.39, 0.29) is 0 Å². The van der Waals surface area contributed by atoms with Crippen molar-refractivity contribution in [3.8, 4) is 10.4 Å². The first kappa shape index (κ1) is 20.0. The van der Waals surface area contributed by atoms with Crippen molar-refractivity contribution < 1.29 is 0 Å². The largest absolute Gasteiger partial charge is 0.385 e. The molecule has 3 aromatic heterocycles. The third kappa shape index (κ3) is 4.06. The number of rotatable bonds is 6. The molecule has 164 valence electrons. The number of hydrogen-bond donors (Lipinski definition) is 1. The van der Waals surface area contributed by atoms with E-state index in [9.17, 15) is 0 Å². The molecule has 0 saturated heterocycles. The average molecular weight is 443 g/mol. The highest BCUT2D eigenvalue weighted by atomic mass is 32.1. The molecule has 0 aliphatic heterocycles. The molecule has 2 fully saturated rings. The van der Waals surface area contributed by atoms with Crippen molar-refractivity contribution in [3.05, 3.63) is 65.7 Å². The van der Waals surface area contributed by atoms with Gasteiger partial charge >= 0.3 is 0 Å². The molecule has 0 unspecified atom stereocenters. The summed E-state index contributed by atoms with van der Waals surface area (Å²) in [6, 6.07) is 13.3. The molecule has 1 aromatic carbocycles. The fourth-order valence-corrected chi connectivity index (χ4v) is 6.13. The standard InChI is InChI=1S/C27H30N4S/c1-31-12-11-21-14-24(29-16-25(21)31)19-7-5-18(6-8-19)15-28-23-4-2-3-22(13-23)26-17-30-27(32-26)20-9-10-20/h2-4,11-14,16-20,28H,5-10,15H2,1H3. The van der Waals surface area contributed by atoms with Crippen LogP contribution in [0.1, 0.15) is 61.1 Å². The van der Waals surface area contributed by atoms with Crippen LogP contribution in [0, 0.1) is 5.92 Å². The van der Waals surface area contributed by atoms with Gasteiger partial charge in [-0.2, -0.15) is 0 Å². The van der Waals surface area contributed by atoms with Crippen molar-refractivity contribution in [3.63, 3.8) is 0 Å². The van der Waals surface area contributed by atoms with Crippen molar-refractivity contribution in [2.45, 2.75) is 50.4 Å². The summed E-state index contributed by atoms with van der Waals surface area (Å²) >= 11 is 1.87. The van der Waals surface area contributed by atoms with Crippen LogP contribution < -0.4 is 5.32 Å². The van der Waals surface area contributed by atoms with Crippen LogP contribution in [-0.4, -0.2) is 21.1 Å². The van der Waals surface area contributed by atoms with Gasteiger partial charge in [0.05, 0.1) is 21.6 Å². The van der Waals surface area contributed by atoms with Crippen molar-refractivity contribution in [1.82, 2.24) is 14.5 Å². The van der Waals surface area contributed by atoms with E-state index in [2.05, 4.69) is 70.7 Å². The number of aryl methyl sites for hydroxylation is 1. The van der Waals surface area contributed by atoms with Crippen LogP contribution >= 0.6 is 11.3 Å². The van der Waals surface area contributed by atoms with Gasteiger partial charge in [0.1, 0.15) is 0 Å². The highest BCUT2D eigenvalue weighted by molar-refractivity contribution is 7.15. The summed E-state index contributed by atoms with van der Waals surface area (Å²) in [5.74, 6) is 2.07. The monoisotopic (exact) mass is 442 g/mol. The van der Waals surface area contributed by atoms with Gasteiger partial charge < -0.3 is 9.88 Å². The number of pyridine rings is 1. The van der Waals surface area contributed by atoms with Crippen molar-refractivity contribution in [2.75, 3.05) is 11.9 Å². The molecule has 3 heterocycles. The molecule has 0 atom stereocenters. The quantitative estimate of drug-likeness (QED) is 0.351. The molecule has 32 heavy (non-hydrogen) atoms. The summed E-state index contributed by atoms with van der Waals surface area (Å²) < 4.78 is 2.14. The van der Waals surface area contributed by atoms with Crippen LogP contribution in [0.4, 0.5) is 5.69 Å². The number of fused-ring (bicyclic) bond motifs is 1. The van der Waals surface area contributed by atoms with Crippen molar-refractivity contribution >= 4 is 27.9 Å². The minimum Gasteiger partial charge on any atom is -0.385 e. The van der Waals surface area contributed by atoms with Crippen molar-refractivity contribution in [1.29, 1.82) is 0 Å². The third-order valence-corrected chi connectivity index (χ3v) is 8.46. The molecule has 0 bridgehead atoms. The van der Waals surface area contributed by atoms with Crippen LogP contribution in [0.5, 0.6) is 0 Å². The van der Waals surface area contributed by atoms with Crippen LogP contribution in [0.2, 0.25) is 0 Å². The fourth-order valence-electron chi connectivity index (χ4n) is 5.05. The minimum atomic E-state index is 0.603. The van der Waals surface area contributed by atoms with Gasteiger partial charge in [-0.05, 0) is 74.3 Å². The maximum Gasteiger partial charge on any atom is 0.0962 e. The summed E-state index contributed by atoms with van der Waals surface area (Å²) in [7, 11) is 2.08. The van der Waals surface area contributed by atoms with Gasteiger partial charge in [0.2, 0.25) is 0 Å². The van der Waals surface area contributed by atoms with E-state index < -0.39 is 0 Å². The number of hydrogen-bond acceptors (Lipinski definition) is 4. The lowest BCUT2D eigenvalue weighted by Crippen LogP contribution is -2.21. The molecule has 2 aliphatic carbocycles. The van der Waals surface area contributed by atoms with E-state index in [1.165, 1.54) is 76.3 Å². The van der Waals surface area contributed by atoms with Gasteiger partial charge in [0, 0.05) is 54.6 Å². The predicted octanol–water partition coefficient (Wildman–Crippen LogP) is 6.96. The Balaban J connectivity index is 1.05. The predicted molar refractivity (Wildman–Crippen MR) is 133 cm³/mol. The SMILES string of the molecule is Cn1ccc2cc(C3CCC(CNc4cccc(-c5cnc(C6CC6)s5)c4)CC3)ncc21. The molecular weight excluding hydrogens is 412 g/mol. The molecule has 2 saturated carbocycles. The zero-order valence-corrected chi connectivity index (χ0v) is 19.4. The summed E-state index contributed by atoms with van der Waals surface area (Å²) in [5, 5.41) is 6.34. The lowest BCUT2D eigenvalue weighted by atomic mass is 9.80. The Morgan fingerprint density at radius 2 is 1.81 bits per heavy atom. The maximum absolute atomic E-state index is 4.80. The van der Waals surface area contributed by atoms with E-state index in [0.29, 0.717) is 5.92 Å². The highest BCUT2D eigenvalue weighted by Crippen LogP contribution is 2.43. The molecular formula is C27H30N4S. The average Bonchev–Trinajstić information content (AvgIpc) is 3.45. The second-order valence-corrected chi connectivity index (χ2v) is 10.7. The molecule has 6 rings (SSSR count). The second kappa shape index (κ2) is 8.36. The maximum atomic E-state index is 4.80. The normalized spacial score (nSPS) is 21.2. The molecule has 5 heteroatoms. The summed E-state index contributed by atoms with van der Waals surface area (Å²) in [4.78, 5) is 10.7. The highest BCUT2D eigenvalue weighted by Gasteiger charge is 2.27. The van der Waals surface area contributed by atoms with Gasteiger partial charge in [0.15, 0.2) is 0 Å². The van der Waals surface area contributed by atoms with Gasteiger partial charge in [-0.3, -0.25) is 4.98 Å². The Kier molecular flexibility index (Phi) is 5.22. The van der Waals surface area contributed by atoms with E-state index in [1.54, 1.807) is 0 Å². The minimum absolute atomic E-state index is 0.603. The Morgan fingerprint density at radius 3 is 2.66 bits per heavy atom. The number of thiazole rings is 1. The van der Waals surface area contributed by atoms with E-state index in [1.807, 2.05) is 17.5 Å². The first-order chi connectivity index (χ1) is 15.7. The van der Waals surface area contributed by atoms with Gasteiger partial charge in [0.25, 0.3) is 0 Å². The number of aromatic nitrogens is 3. The summed E-state index contributed by atoms with van der Waals surface area (Å²) in [6.45, 7) is 1.05. The third-order valence-electron chi connectivity index (χ3n) is 7.25. The lowest BCUT2D eigenvalue weighted by molar-refractivity contribution is 0.335. The molecule has 1 N–H and O–H groups in total. The van der Waals surface area contributed by atoms with E-state index in [4.69, 9.17) is 4.98 Å². The molecule has 4 aromatic rings. The molecule has 0 amide bonds. The Morgan fingerprint density at radius 1 is 0.969 bits per heavy atom. The Bertz CT molecular complexity index is 1230. The number of nitrogens with one attached hydrogen (secondary N) is 1. The topological polar surface area (TPSA) is 42.7 Å². The first-order valence-corrected chi connectivity index (χ1v) is 12.8. The summed E-state index contributed by atoms with van der Waals surface area (Å²) in [6.07, 6.45) is 13.9. The first-order valence-electron chi connectivity index (χ1n) is 11.9. The zero-order chi connectivity index (χ0) is 21.5. The number of benzene rings is 1. The molecule has 2 aliphatic rings. The lowest BCUT2D eigenvalue weighted by Gasteiger charge is -2.28. The second-order valence-electron chi connectivity index (χ2n) is 9.61. The van der Waals surface area contributed by atoms with Crippen LogP contribution in [0.25, 0.3) is 21.3 Å². The van der Waals surface area contributed by atoms with Crippen LogP contribution in [0.3, 0.4) is 0 Å². The van der Waals surface area contributed by atoms with E-state index in [0.717, 1.165) is 18.4 Å². The Hall–Kier alpha value is -2.66. The zero-order valence-electron chi connectivity index (χ0n) is 18.6. The molecule has 0 spiro atoms. The Labute approximate surface area is 193 Å². The number of anilines is 1. The fraction of sp³-hybridized carbons (Fsp3) is 0.407. The van der Waals surface area contributed by atoms with Crippen LogP contribution in [-0.2, 0) is 7.05 Å². The molecule has 0 radical (unpaired) electrons. The molecule has 4 nitrogen and oxygen atoms in total. The van der Waals surface area contributed by atoms with Crippen LogP contribution in [0.15, 0.2) is 55.0 Å².